The summed E-state index contributed by atoms with van der Waals surface area (Å²) in [5.41, 5.74) is 0.183. The molecule has 0 aliphatic heterocycles. The van der Waals surface area contributed by atoms with Gasteiger partial charge in [-0.15, -0.1) is 0 Å². The number of primary sulfonamides is 1. The van der Waals surface area contributed by atoms with E-state index >= 15 is 0 Å². The fourth-order valence-electron chi connectivity index (χ4n) is 2.10. The minimum absolute atomic E-state index is 0.0751. The third kappa shape index (κ3) is 5.19. The lowest BCUT2D eigenvalue weighted by molar-refractivity contribution is -0.123. The Balaban J connectivity index is 2.18. The molecule has 0 spiro atoms. The average Bonchev–Trinajstić information content (AvgIpc) is 2.62. The van der Waals surface area contributed by atoms with Crippen LogP contribution in [0.5, 0.6) is 5.75 Å². The highest BCUT2D eigenvalue weighted by atomic mass is 35.5. The van der Waals surface area contributed by atoms with E-state index in [1.165, 1.54) is 26.2 Å². The summed E-state index contributed by atoms with van der Waals surface area (Å²) in [4.78, 5) is 24.3. The van der Waals surface area contributed by atoms with Crippen LogP contribution >= 0.6 is 11.6 Å². The van der Waals surface area contributed by atoms with Crippen LogP contribution in [0.2, 0.25) is 5.02 Å². The van der Waals surface area contributed by atoms with E-state index in [1.54, 1.807) is 24.3 Å². The summed E-state index contributed by atoms with van der Waals surface area (Å²) in [7, 11) is -2.73. The fourth-order valence-corrected chi connectivity index (χ4v) is 2.82. The van der Waals surface area contributed by atoms with Gasteiger partial charge >= 0.3 is 5.97 Å². The normalized spacial score (nSPS) is 12.1. The molecule has 0 saturated heterocycles. The Kier molecular flexibility index (Phi) is 6.42. The van der Waals surface area contributed by atoms with Crippen molar-refractivity contribution in [1.29, 1.82) is 0 Å². The van der Waals surface area contributed by atoms with Crippen molar-refractivity contribution < 1.29 is 27.5 Å². The number of carbonyl (C=O) groups excluding carboxylic acids is 2. The van der Waals surface area contributed by atoms with Crippen molar-refractivity contribution >= 4 is 39.2 Å². The maximum Gasteiger partial charge on any atom is 0.342 e. The van der Waals surface area contributed by atoms with Crippen molar-refractivity contribution in [2.24, 2.45) is 5.14 Å². The largest absolute Gasteiger partial charge is 0.496 e. The highest BCUT2D eigenvalue weighted by Crippen LogP contribution is 2.24. The molecule has 144 valence electrons. The van der Waals surface area contributed by atoms with E-state index in [0.717, 1.165) is 6.07 Å². The van der Waals surface area contributed by atoms with E-state index in [2.05, 4.69) is 5.32 Å². The molecule has 2 aromatic rings. The van der Waals surface area contributed by atoms with Crippen molar-refractivity contribution in [2.45, 2.75) is 17.9 Å². The van der Waals surface area contributed by atoms with Crippen molar-refractivity contribution in [1.82, 2.24) is 0 Å². The van der Waals surface area contributed by atoms with E-state index in [9.17, 15) is 18.0 Å². The Labute approximate surface area is 161 Å². The summed E-state index contributed by atoms with van der Waals surface area (Å²) in [5.74, 6) is -1.48. The Morgan fingerprint density at radius 1 is 1.19 bits per heavy atom. The summed E-state index contributed by atoms with van der Waals surface area (Å²) >= 11 is 5.97. The highest BCUT2D eigenvalue weighted by Gasteiger charge is 2.23. The summed E-state index contributed by atoms with van der Waals surface area (Å²) in [5, 5.41) is 7.93. The lowest BCUT2D eigenvalue weighted by Crippen LogP contribution is -2.30. The molecule has 2 rings (SSSR count). The Hall–Kier alpha value is -2.62. The van der Waals surface area contributed by atoms with Gasteiger partial charge in [0, 0.05) is 0 Å². The van der Waals surface area contributed by atoms with Gasteiger partial charge in [0.2, 0.25) is 10.0 Å². The van der Waals surface area contributed by atoms with Crippen LogP contribution in [0.25, 0.3) is 0 Å². The number of methoxy groups -OCH3 is 1. The van der Waals surface area contributed by atoms with E-state index in [0.29, 0.717) is 10.7 Å². The number of nitrogens with one attached hydrogen (secondary N) is 1. The van der Waals surface area contributed by atoms with Crippen LogP contribution in [0.1, 0.15) is 17.3 Å². The van der Waals surface area contributed by atoms with Crippen LogP contribution in [0.15, 0.2) is 47.4 Å². The number of para-hydroxylation sites is 1. The molecule has 0 fully saturated rings. The molecule has 8 nitrogen and oxygen atoms in total. The molecular weight excluding hydrogens is 396 g/mol. The SMILES string of the molecule is COc1ccc(S(N)(=O)=O)cc1C(=O)O[C@@H](C)C(=O)Nc1ccccc1Cl. The maximum absolute atomic E-state index is 12.4. The number of nitrogens with two attached hydrogens (primary N) is 1. The van der Waals surface area contributed by atoms with Crippen LogP contribution in [0.3, 0.4) is 0 Å². The highest BCUT2D eigenvalue weighted by molar-refractivity contribution is 7.89. The van der Waals surface area contributed by atoms with Crippen LogP contribution in [-0.2, 0) is 19.6 Å². The molecule has 3 N–H and O–H groups in total. The fraction of sp³-hybridized carbons (Fsp3) is 0.176. The van der Waals surface area contributed by atoms with E-state index in [-0.39, 0.29) is 16.2 Å². The molecule has 0 aromatic heterocycles. The van der Waals surface area contributed by atoms with Gasteiger partial charge < -0.3 is 14.8 Å². The standard InChI is InChI=1S/C17H17ClN2O6S/c1-10(16(21)20-14-6-4-3-5-13(14)18)26-17(22)12-9-11(27(19,23)24)7-8-15(12)25-2/h3-10H,1-2H3,(H,20,21)(H2,19,23,24)/t10-/m0/s1. The maximum atomic E-state index is 12.4. The molecule has 0 aliphatic carbocycles. The Morgan fingerprint density at radius 2 is 1.85 bits per heavy atom. The van der Waals surface area contributed by atoms with Gasteiger partial charge in [0.15, 0.2) is 6.10 Å². The van der Waals surface area contributed by atoms with Gasteiger partial charge in [0.1, 0.15) is 11.3 Å². The second-order valence-electron chi connectivity index (χ2n) is 5.42. The molecule has 0 aliphatic rings. The summed E-state index contributed by atoms with van der Waals surface area (Å²) in [6.07, 6.45) is -1.18. The molecule has 1 amide bonds. The third-order valence-electron chi connectivity index (χ3n) is 3.50. The van der Waals surface area contributed by atoms with Crippen molar-refractivity contribution in [3.63, 3.8) is 0 Å². The van der Waals surface area contributed by atoms with Crippen LogP contribution < -0.4 is 15.2 Å². The number of amides is 1. The third-order valence-corrected chi connectivity index (χ3v) is 4.74. The van der Waals surface area contributed by atoms with Gasteiger partial charge in [-0.25, -0.2) is 18.4 Å². The number of ether oxygens (including phenoxy) is 2. The number of benzene rings is 2. The number of hydrogen-bond acceptors (Lipinski definition) is 6. The van der Waals surface area contributed by atoms with Crippen molar-refractivity contribution in [3.8, 4) is 5.75 Å². The first-order valence-corrected chi connectivity index (χ1v) is 9.53. The van der Waals surface area contributed by atoms with Gasteiger partial charge in [0.05, 0.1) is 22.7 Å². The van der Waals surface area contributed by atoms with Crippen molar-refractivity contribution in [2.75, 3.05) is 12.4 Å². The molecule has 0 radical (unpaired) electrons. The van der Waals surface area contributed by atoms with E-state index in [1.807, 2.05) is 0 Å². The lowest BCUT2D eigenvalue weighted by Gasteiger charge is -2.15. The van der Waals surface area contributed by atoms with Crippen LogP contribution in [0.4, 0.5) is 5.69 Å². The topological polar surface area (TPSA) is 125 Å². The van der Waals surface area contributed by atoms with Gasteiger partial charge in [-0.05, 0) is 37.3 Å². The summed E-state index contributed by atoms with van der Waals surface area (Å²) < 4.78 is 33.1. The van der Waals surface area contributed by atoms with Gasteiger partial charge in [-0.1, -0.05) is 23.7 Å². The molecule has 0 unspecified atom stereocenters. The zero-order valence-corrected chi connectivity index (χ0v) is 16.0. The number of rotatable bonds is 6. The number of hydrogen-bond donors (Lipinski definition) is 2. The van der Waals surface area contributed by atoms with Crippen LogP contribution in [-0.4, -0.2) is 33.5 Å². The second-order valence-corrected chi connectivity index (χ2v) is 7.39. The minimum atomic E-state index is -4.03. The number of esters is 1. The molecule has 2 aromatic carbocycles. The summed E-state index contributed by atoms with van der Waals surface area (Å²) in [6.45, 7) is 1.36. The van der Waals surface area contributed by atoms with E-state index < -0.39 is 28.0 Å². The summed E-state index contributed by atoms with van der Waals surface area (Å²) in [6, 6.07) is 10.1. The van der Waals surface area contributed by atoms with E-state index in [4.69, 9.17) is 26.2 Å². The molecule has 0 heterocycles. The second kappa shape index (κ2) is 8.38. The number of sulfonamides is 1. The molecule has 27 heavy (non-hydrogen) atoms. The first-order chi connectivity index (χ1) is 12.6. The predicted octanol–water partition coefficient (Wildman–Crippen LogP) is 2.18. The molecule has 10 heteroatoms. The van der Waals surface area contributed by atoms with Crippen molar-refractivity contribution in [3.05, 3.63) is 53.1 Å². The first-order valence-electron chi connectivity index (χ1n) is 7.60. The number of halogens is 1. The number of carbonyl (C=O) groups is 2. The average molecular weight is 413 g/mol. The van der Waals surface area contributed by atoms with Gasteiger partial charge in [0.25, 0.3) is 5.91 Å². The Morgan fingerprint density at radius 3 is 2.44 bits per heavy atom. The predicted molar refractivity (Wildman–Crippen MR) is 99.3 cm³/mol. The molecule has 1 atom stereocenters. The molecular formula is C17H17ClN2O6S. The number of anilines is 1. The molecule has 0 bridgehead atoms. The zero-order valence-electron chi connectivity index (χ0n) is 14.4. The smallest absolute Gasteiger partial charge is 0.342 e. The minimum Gasteiger partial charge on any atom is -0.496 e. The molecule has 0 saturated carbocycles. The monoisotopic (exact) mass is 412 g/mol. The quantitative estimate of drug-likeness (QED) is 0.700. The van der Waals surface area contributed by atoms with Gasteiger partial charge in [-0.3, -0.25) is 4.79 Å². The lowest BCUT2D eigenvalue weighted by atomic mass is 10.2. The van der Waals surface area contributed by atoms with Gasteiger partial charge in [-0.2, -0.15) is 0 Å². The zero-order chi connectivity index (χ0) is 20.2. The Bertz CT molecular complexity index is 977. The van der Waals surface area contributed by atoms with Crippen LogP contribution in [0, 0.1) is 0 Å². The first kappa shape index (κ1) is 20.7.